The highest BCUT2D eigenvalue weighted by atomic mass is 16.5. The van der Waals surface area contributed by atoms with Crippen LogP contribution in [0.4, 0.5) is 0 Å². The summed E-state index contributed by atoms with van der Waals surface area (Å²) >= 11 is 0. The predicted octanol–water partition coefficient (Wildman–Crippen LogP) is 2.28. The summed E-state index contributed by atoms with van der Waals surface area (Å²) < 4.78 is 5.04. The monoisotopic (exact) mass is 264 g/mol. The van der Waals surface area contributed by atoms with Gasteiger partial charge in [0, 0.05) is 24.2 Å². The van der Waals surface area contributed by atoms with Gasteiger partial charge in [-0.2, -0.15) is 0 Å². The summed E-state index contributed by atoms with van der Waals surface area (Å²) in [7, 11) is 1.59. The van der Waals surface area contributed by atoms with Crippen LogP contribution in [0.15, 0.2) is 18.3 Å². The fourth-order valence-corrected chi connectivity index (χ4v) is 2.95. The molecule has 1 unspecified atom stereocenters. The molecular formula is C15H24N2O2. The molecule has 1 aliphatic rings. The molecule has 3 N–H and O–H groups in total. The number of aliphatic hydroxyl groups excluding tert-OH is 1. The van der Waals surface area contributed by atoms with Crippen LogP contribution in [-0.4, -0.2) is 23.7 Å². The van der Waals surface area contributed by atoms with Gasteiger partial charge in [0.1, 0.15) is 0 Å². The molecule has 106 valence electrons. The maximum Gasteiger partial charge on any atom is 0.212 e. The molecule has 0 bridgehead atoms. The van der Waals surface area contributed by atoms with E-state index in [1.165, 1.54) is 0 Å². The van der Waals surface area contributed by atoms with Crippen molar-refractivity contribution in [2.75, 3.05) is 13.7 Å². The van der Waals surface area contributed by atoms with Gasteiger partial charge in [-0.1, -0.05) is 19.8 Å². The number of hydrogen-bond acceptors (Lipinski definition) is 4. The molecule has 0 saturated heterocycles. The van der Waals surface area contributed by atoms with Crippen LogP contribution in [0.1, 0.15) is 44.3 Å². The Morgan fingerprint density at radius 1 is 1.47 bits per heavy atom. The summed E-state index contributed by atoms with van der Waals surface area (Å²) in [6.45, 7) is 2.79. The third-order valence-corrected chi connectivity index (χ3v) is 4.54. The van der Waals surface area contributed by atoms with Gasteiger partial charge < -0.3 is 15.6 Å². The van der Waals surface area contributed by atoms with Gasteiger partial charge >= 0.3 is 0 Å². The lowest BCUT2D eigenvalue weighted by Gasteiger charge is -2.42. The SMILES string of the molecule is COc1ccc(C(O)C2(CN)CCC(C)CC2)cn1. The minimum Gasteiger partial charge on any atom is -0.481 e. The normalized spacial score (nSPS) is 28.9. The van der Waals surface area contributed by atoms with Crippen LogP contribution in [0.5, 0.6) is 5.88 Å². The molecule has 1 saturated carbocycles. The highest BCUT2D eigenvalue weighted by Gasteiger charge is 2.40. The number of rotatable bonds is 4. The number of hydrogen-bond donors (Lipinski definition) is 2. The highest BCUT2D eigenvalue weighted by molar-refractivity contribution is 5.22. The van der Waals surface area contributed by atoms with Crippen LogP contribution in [-0.2, 0) is 0 Å². The van der Waals surface area contributed by atoms with Crippen molar-refractivity contribution in [2.45, 2.75) is 38.7 Å². The first-order chi connectivity index (χ1) is 9.11. The third-order valence-electron chi connectivity index (χ3n) is 4.54. The van der Waals surface area contributed by atoms with Gasteiger partial charge in [0.05, 0.1) is 13.2 Å². The smallest absolute Gasteiger partial charge is 0.212 e. The Morgan fingerprint density at radius 3 is 2.63 bits per heavy atom. The Bertz CT molecular complexity index is 397. The second kappa shape index (κ2) is 5.88. The van der Waals surface area contributed by atoms with Gasteiger partial charge in [-0.05, 0) is 30.4 Å². The van der Waals surface area contributed by atoms with E-state index in [9.17, 15) is 5.11 Å². The minimum absolute atomic E-state index is 0.192. The molecule has 4 heteroatoms. The molecule has 1 heterocycles. The standard InChI is InChI=1S/C15H24N2O2/c1-11-5-7-15(10-16,8-6-11)14(18)12-3-4-13(19-2)17-9-12/h3-4,9,11,14,18H,5-8,10,16H2,1-2H3. The Balaban J connectivity index is 2.17. The molecule has 1 atom stereocenters. The molecule has 1 aliphatic carbocycles. The zero-order valence-electron chi connectivity index (χ0n) is 11.8. The Morgan fingerprint density at radius 2 is 2.16 bits per heavy atom. The highest BCUT2D eigenvalue weighted by Crippen LogP contribution is 2.46. The van der Waals surface area contributed by atoms with Crippen molar-refractivity contribution in [3.63, 3.8) is 0 Å². The van der Waals surface area contributed by atoms with Crippen LogP contribution < -0.4 is 10.5 Å². The van der Waals surface area contributed by atoms with Gasteiger partial charge in [-0.15, -0.1) is 0 Å². The molecule has 0 aliphatic heterocycles. The number of methoxy groups -OCH3 is 1. The fraction of sp³-hybridized carbons (Fsp3) is 0.667. The Labute approximate surface area is 115 Å². The maximum absolute atomic E-state index is 10.7. The van der Waals surface area contributed by atoms with E-state index in [1.54, 1.807) is 19.4 Å². The van der Waals surface area contributed by atoms with Crippen molar-refractivity contribution < 1.29 is 9.84 Å². The average molecular weight is 264 g/mol. The maximum atomic E-state index is 10.7. The van der Waals surface area contributed by atoms with Gasteiger partial charge in [-0.25, -0.2) is 4.98 Å². The van der Waals surface area contributed by atoms with Crippen LogP contribution in [0, 0.1) is 11.3 Å². The summed E-state index contributed by atoms with van der Waals surface area (Å²) in [4.78, 5) is 4.17. The zero-order chi connectivity index (χ0) is 13.9. The van der Waals surface area contributed by atoms with E-state index in [-0.39, 0.29) is 5.41 Å². The molecule has 1 aromatic heterocycles. The quantitative estimate of drug-likeness (QED) is 0.875. The van der Waals surface area contributed by atoms with Crippen molar-refractivity contribution in [1.82, 2.24) is 4.98 Å². The van der Waals surface area contributed by atoms with Crippen molar-refractivity contribution in [2.24, 2.45) is 17.1 Å². The van der Waals surface area contributed by atoms with E-state index < -0.39 is 6.10 Å². The predicted molar refractivity (Wildman–Crippen MR) is 74.9 cm³/mol. The van der Waals surface area contributed by atoms with Crippen molar-refractivity contribution in [3.05, 3.63) is 23.9 Å². The lowest BCUT2D eigenvalue weighted by molar-refractivity contribution is -0.00842. The first-order valence-corrected chi connectivity index (χ1v) is 6.99. The van der Waals surface area contributed by atoms with Gasteiger partial charge in [-0.3, -0.25) is 0 Å². The molecule has 0 amide bonds. The van der Waals surface area contributed by atoms with Crippen LogP contribution >= 0.6 is 0 Å². The molecule has 0 aromatic carbocycles. The van der Waals surface area contributed by atoms with Crippen LogP contribution in [0.3, 0.4) is 0 Å². The first-order valence-electron chi connectivity index (χ1n) is 6.99. The Kier molecular flexibility index (Phi) is 4.42. The van der Waals surface area contributed by atoms with Crippen molar-refractivity contribution in [1.29, 1.82) is 0 Å². The molecule has 1 fully saturated rings. The molecule has 1 aromatic rings. The first kappa shape index (κ1) is 14.3. The fourth-order valence-electron chi connectivity index (χ4n) is 2.95. The second-order valence-electron chi connectivity index (χ2n) is 5.79. The molecular weight excluding hydrogens is 240 g/mol. The van der Waals surface area contributed by atoms with E-state index in [1.807, 2.05) is 6.07 Å². The summed E-state index contributed by atoms with van der Waals surface area (Å²) in [6, 6.07) is 3.67. The minimum atomic E-state index is -0.539. The summed E-state index contributed by atoms with van der Waals surface area (Å²) in [6.07, 6.45) is 5.40. The molecule has 0 radical (unpaired) electrons. The van der Waals surface area contributed by atoms with E-state index in [0.29, 0.717) is 12.4 Å². The van der Waals surface area contributed by atoms with Crippen LogP contribution in [0.25, 0.3) is 0 Å². The number of ether oxygens (including phenoxy) is 1. The molecule has 19 heavy (non-hydrogen) atoms. The number of aromatic nitrogens is 1. The summed E-state index contributed by atoms with van der Waals surface area (Å²) in [5.74, 6) is 1.30. The lowest BCUT2D eigenvalue weighted by atomic mass is 9.66. The summed E-state index contributed by atoms with van der Waals surface area (Å²) in [5.41, 5.74) is 6.62. The lowest BCUT2D eigenvalue weighted by Crippen LogP contribution is -2.40. The number of nitrogens with two attached hydrogens (primary N) is 1. The van der Waals surface area contributed by atoms with Gasteiger partial charge in [0.2, 0.25) is 5.88 Å². The molecule has 0 spiro atoms. The number of pyridine rings is 1. The zero-order valence-corrected chi connectivity index (χ0v) is 11.8. The topological polar surface area (TPSA) is 68.4 Å². The summed E-state index contributed by atoms with van der Waals surface area (Å²) in [5, 5.41) is 10.7. The van der Waals surface area contributed by atoms with Gasteiger partial charge in [0.25, 0.3) is 0 Å². The van der Waals surface area contributed by atoms with E-state index >= 15 is 0 Å². The van der Waals surface area contributed by atoms with Crippen molar-refractivity contribution >= 4 is 0 Å². The van der Waals surface area contributed by atoms with Crippen LogP contribution in [0.2, 0.25) is 0 Å². The Hall–Kier alpha value is -1.13. The number of aliphatic hydroxyl groups is 1. The largest absolute Gasteiger partial charge is 0.481 e. The van der Waals surface area contributed by atoms with Gasteiger partial charge in [0.15, 0.2) is 0 Å². The van der Waals surface area contributed by atoms with E-state index in [2.05, 4.69) is 11.9 Å². The third kappa shape index (κ3) is 2.90. The average Bonchev–Trinajstić information content (AvgIpc) is 2.48. The second-order valence-corrected chi connectivity index (χ2v) is 5.79. The van der Waals surface area contributed by atoms with Crippen molar-refractivity contribution in [3.8, 4) is 5.88 Å². The van der Waals surface area contributed by atoms with E-state index in [4.69, 9.17) is 10.5 Å². The van der Waals surface area contributed by atoms with E-state index in [0.717, 1.165) is 37.2 Å². The number of nitrogens with zero attached hydrogens (tertiary/aromatic N) is 1. The molecule has 2 rings (SSSR count). The molecule has 4 nitrogen and oxygen atoms in total.